The summed E-state index contributed by atoms with van der Waals surface area (Å²) in [4.78, 5) is 0.259. The third kappa shape index (κ3) is 4.72. The van der Waals surface area contributed by atoms with E-state index < -0.39 is 20.0 Å². The fraction of sp³-hybridized carbons (Fsp3) is 0.368. The molecule has 2 aromatic rings. The molecule has 0 unspecified atom stereocenters. The molecule has 0 spiro atoms. The van der Waals surface area contributed by atoms with Gasteiger partial charge in [-0.3, -0.25) is 0 Å². The van der Waals surface area contributed by atoms with E-state index in [1.165, 1.54) is 48.9 Å². The monoisotopic (exact) mass is 440 g/mol. The van der Waals surface area contributed by atoms with Gasteiger partial charge in [0.05, 0.1) is 24.0 Å². The zero-order valence-electron chi connectivity index (χ0n) is 16.3. The first kappa shape index (κ1) is 21.6. The third-order valence-corrected chi connectivity index (χ3v) is 8.07. The largest absolute Gasteiger partial charge is 0.493 e. The Labute approximate surface area is 171 Å². The minimum atomic E-state index is -3.78. The zero-order chi connectivity index (χ0) is 21.1. The van der Waals surface area contributed by atoms with Crippen molar-refractivity contribution in [3.8, 4) is 11.5 Å². The van der Waals surface area contributed by atoms with E-state index in [9.17, 15) is 16.8 Å². The minimum absolute atomic E-state index is 0.0285. The highest BCUT2D eigenvalue weighted by Crippen LogP contribution is 2.29. The van der Waals surface area contributed by atoms with Gasteiger partial charge in [-0.05, 0) is 42.7 Å². The molecule has 2 aromatic carbocycles. The molecule has 29 heavy (non-hydrogen) atoms. The molecule has 1 aliphatic rings. The van der Waals surface area contributed by atoms with Crippen molar-refractivity contribution in [1.82, 2.24) is 9.03 Å². The number of nitrogens with one attached hydrogen (secondary N) is 1. The van der Waals surface area contributed by atoms with Crippen LogP contribution in [0.15, 0.2) is 52.3 Å². The van der Waals surface area contributed by atoms with Crippen LogP contribution in [0.25, 0.3) is 0 Å². The fourth-order valence-corrected chi connectivity index (χ4v) is 5.65. The van der Waals surface area contributed by atoms with Crippen LogP contribution in [0.2, 0.25) is 0 Å². The second-order valence-electron chi connectivity index (χ2n) is 6.60. The van der Waals surface area contributed by atoms with Gasteiger partial charge in [0.2, 0.25) is 20.0 Å². The molecule has 158 valence electrons. The summed E-state index contributed by atoms with van der Waals surface area (Å²) in [5.41, 5.74) is 0.648. The molecule has 0 aliphatic carbocycles. The smallest absolute Gasteiger partial charge is 0.243 e. The van der Waals surface area contributed by atoms with Crippen LogP contribution in [0, 0.1) is 0 Å². The maximum atomic E-state index is 12.6. The SMILES string of the molecule is COc1ccc(S(=O)(=O)NCc2ccc(S(=O)(=O)N3CCCC3)cc2)cc1OC. The summed E-state index contributed by atoms with van der Waals surface area (Å²) in [5, 5.41) is 0. The quantitative estimate of drug-likeness (QED) is 0.673. The van der Waals surface area contributed by atoms with Crippen molar-refractivity contribution in [1.29, 1.82) is 0 Å². The highest BCUT2D eigenvalue weighted by molar-refractivity contribution is 7.89. The van der Waals surface area contributed by atoms with Gasteiger partial charge in [0, 0.05) is 25.7 Å². The van der Waals surface area contributed by atoms with Gasteiger partial charge in [0.25, 0.3) is 0 Å². The molecule has 3 rings (SSSR count). The lowest BCUT2D eigenvalue weighted by atomic mass is 10.2. The number of nitrogens with zero attached hydrogens (tertiary/aromatic N) is 1. The molecule has 1 N–H and O–H groups in total. The molecule has 0 atom stereocenters. The maximum Gasteiger partial charge on any atom is 0.243 e. The summed E-state index contributed by atoms with van der Waals surface area (Å²) >= 11 is 0. The van der Waals surface area contributed by atoms with Crippen molar-refractivity contribution < 1.29 is 26.3 Å². The fourth-order valence-electron chi connectivity index (χ4n) is 3.10. The lowest BCUT2D eigenvalue weighted by molar-refractivity contribution is 0.354. The minimum Gasteiger partial charge on any atom is -0.493 e. The van der Waals surface area contributed by atoms with Gasteiger partial charge in [-0.15, -0.1) is 0 Å². The molecule has 0 amide bonds. The molecule has 8 nitrogen and oxygen atoms in total. The molecule has 0 bridgehead atoms. The van der Waals surface area contributed by atoms with Crippen molar-refractivity contribution in [3.63, 3.8) is 0 Å². The number of rotatable bonds is 8. The molecule has 0 aromatic heterocycles. The van der Waals surface area contributed by atoms with E-state index in [4.69, 9.17) is 9.47 Å². The first-order valence-electron chi connectivity index (χ1n) is 9.09. The Balaban J connectivity index is 1.71. The van der Waals surface area contributed by atoms with Gasteiger partial charge in [0.1, 0.15) is 0 Å². The zero-order valence-corrected chi connectivity index (χ0v) is 17.9. The lowest BCUT2D eigenvalue weighted by Gasteiger charge is -2.15. The predicted octanol–water partition coefficient (Wildman–Crippen LogP) is 1.97. The molecular weight excluding hydrogens is 416 g/mol. The second-order valence-corrected chi connectivity index (χ2v) is 10.3. The Morgan fingerprint density at radius 2 is 1.45 bits per heavy atom. The van der Waals surface area contributed by atoms with Gasteiger partial charge in [-0.25, -0.2) is 21.6 Å². The standard InChI is InChI=1S/C19H24N2O6S2/c1-26-18-10-9-17(13-19(18)27-2)28(22,23)20-14-15-5-7-16(8-6-15)29(24,25)21-11-3-4-12-21/h5-10,13,20H,3-4,11-12,14H2,1-2H3. The number of hydrogen-bond donors (Lipinski definition) is 1. The van der Waals surface area contributed by atoms with Crippen LogP contribution in [-0.4, -0.2) is 48.4 Å². The van der Waals surface area contributed by atoms with Crippen LogP contribution in [0.3, 0.4) is 0 Å². The van der Waals surface area contributed by atoms with Gasteiger partial charge < -0.3 is 9.47 Å². The van der Waals surface area contributed by atoms with Crippen molar-refractivity contribution in [2.75, 3.05) is 27.3 Å². The van der Waals surface area contributed by atoms with E-state index in [1.54, 1.807) is 12.1 Å². The Bertz CT molecular complexity index is 1060. The number of benzene rings is 2. The predicted molar refractivity (Wildman–Crippen MR) is 108 cm³/mol. The van der Waals surface area contributed by atoms with Gasteiger partial charge in [-0.1, -0.05) is 12.1 Å². The second kappa shape index (κ2) is 8.70. The Morgan fingerprint density at radius 1 is 0.862 bits per heavy atom. The van der Waals surface area contributed by atoms with Gasteiger partial charge >= 0.3 is 0 Å². The summed E-state index contributed by atoms with van der Waals surface area (Å²) in [7, 11) is -4.37. The van der Waals surface area contributed by atoms with Crippen LogP contribution < -0.4 is 14.2 Å². The van der Waals surface area contributed by atoms with E-state index >= 15 is 0 Å². The number of ether oxygens (including phenoxy) is 2. The maximum absolute atomic E-state index is 12.6. The molecule has 1 saturated heterocycles. The van der Waals surface area contributed by atoms with Gasteiger partial charge in [-0.2, -0.15) is 4.31 Å². The average Bonchev–Trinajstić information content (AvgIpc) is 3.28. The Morgan fingerprint density at radius 3 is 2.03 bits per heavy atom. The summed E-state index contributed by atoms with van der Waals surface area (Å²) < 4.78 is 64.5. The van der Waals surface area contributed by atoms with Crippen molar-refractivity contribution in [3.05, 3.63) is 48.0 Å². The van der Waals surface area contributed by atoms with Crippen LogP contribution in [-0.2, 0) is 26.6 Å². The molecule has 1 aliphatic heterocycles. The van der Waals surface area contributed by atoms with Crippen molar-refractivity contribution in [2.45, 2.75) is 29.2 Å². The van der Waals surface area contributed by atoms with E-state index in [0.29, 0.717) is 30.2 Å². The first-order chi connectivity index (χ1) is 13.8. The van der Waals surface area contributed by atoms with Gasteiger partial charge in [0.15, 0.2) is 11.5 Å². The third-order valence-electron chi connectivity index (χ3n) is 4.76. The van der Waals surface area contributed by atoms with E-state index in [-0.39, 0.29) is 16.3 Å². The highest BCUT2D eigenvalue weighted by atomic mass is 32.2. The molecule has 0 radical (unpaired) electrons. The lowest BCUT2D eigenvalue weighted by Crippen LogP contribution is -2.28. The number of methoxy groups -OCH3 is 2. The van der Waals surface area contributed by atoms with E-state index in [1.807, 2.05) is 0 Å². The molecular formula is C19H24N2O6S2. The van der Waals surface area contributed by atoms with Crippen LogP contribution in [0.1, 0.15) is 18.4 Å². The summed E-state index contributed by atoms with van der Waals surface area (Å²) in [6.45, 7) is 1.10. The topological polar surface area (TPSA) is 102 Å². The van der Waals surface area contributed by atoms with Crippen molar-refractivity contribution >= 4 is 20.0 Å². The normalized spacial score (nSPS) is 15.4. The molecule has 0 saturated carbocycles. The van der Waals surface area contributed by atoms with Crippen LogP contribution in [0.5, 0.6) is 11.5 Å². The van der Waals surface area contributed by atoms with E-state index in [2.05, 4.69) is 4.72 Å². The number of hydrogen-bond acceptors (Lipinski definition) is 6. The van der Waals surface area contributed by atoms with Crippen LogP contribution in [0.4, 0.5) is 0 Å². The van der Waals surface area contributed by atoms with Crippen molar-refractivity contribution in [2.24, 2.45) is 0 Å². The molecule has 10 heteroatoms. The summed E-state index contributed by atoms with van der Waals surface area (Å²) in [6.07, 6.45) is 1.74. The average molecular weight is 441 g/mol. The Hall–Kier alpha value is -2.14. The van der Waals surface area contributed by atoms with Crippen LogP contribution >= 0.6 is 0 Å². The highest BCUT2D eigenvalue weighted by Gasteiger charge is 2.27. The number of sulfonamides is 2. The summed E-state index contributed by atoms with van der Waals surface area (Å²) in [5.74, 6) is 0.744. The molecule has 1 heterocycles. The van der Waals surface area contributed by atoms with E-state index in [0.717, 1.165) is 12.8 Å². The summed E-state index contributed by atoms with van der Waals surface area (Å²) in [6, 6.07) is 10.6. The molecule has 1 fully saturated rings. The first-order valence-corrected chi connectivity index (χ1v) is 12.0. The Kier molecular flexibility index (Phi) is 6.47.